The molecule has 1 heterocycles. The first-order valence-electron chi connectivity index (χ1n) is 9.89. The van der Waals surface area contributed by atoms with Gasteiger partial charge in [0.1, 0.15) is 17.4 Å². The second kappa shape index (κ2) is 9.06. The van der Waals surface area contributed by atoms with Gasteiger partial charge >= 0.3 is 0 Å². The highest BCUT2D eigenvalue weighted by Crippen LogP contribution is 2.47. The van der Waals surface area contributed by atoms with Gasteiger partial charge < -0.3 is 19.5 Å². The lowest BCUT2D eigenvalue weighted by Gasteiger charge is -2.25. The smallest absolute Gasteiger partial charge is 0.162 e. The second-order valence-electron chi connectivity index (χ2n) is 7.28. The first kappa shape index (κ1) is 21.3. The molecule has 4 rings (SSSR count). The molecule has 0 saturated carbocycles. The van der Waals surface area contributed by atoms with E-state index >= 15 is 0 Å². The fraction of sp³-hybridized carbons (Fsp3) is 0.250. The van der Waals surface area contributed by atoms with E-state index in [-0.39, 0.29) is 11.0 Å². The SMILES string of the molecule is COc1ccc2c(c1)SC(c1ccc(F)cc1F)CCN2Cc1cccc(OC)c1O. The van der Waals surface area contributed by atoms with Crippen molar-refractivity contribution in [2.45, 2.75) is 23.1 Å². The summed E-state index contributed by atoms with van der Waals surface area (Å²) < 4.78 is 38.6. The van der Waals surface area contributed by atoms with E-state index in [4.69, 9.17) is 9.47 Å². The fourth-order valence-electron chi connectivity index (χ4n) is 3.79. The summed E-state index contributed by atoms with van der Waals surface area (Å²) in [6.07, 6.45) is 0.648. The molecule has 1 aliphatic heterocycles. The summed E-state index contributed by atoms with van der Waals surface area (Å²) in [5, 5.41) is 10.4. The van der Waals surface area contributed by atoms with Crippen LogP contribution in [0.4, 0.5) is 14.5 Å². The molecule has 1 unspecified atom stereocenters. The van der Waals surface area contributed by atoms with Gasteiger partial charge in [-0.2, -0.15) is 0 Å². The summed E-state index contributed by atoms with van der Waals surface area (Å²) in [4.78, 5) is 3.09. The zero-order valence-corrected chi connectivity index (χ0v) is 18.1. The number of phenols is 1. The van der Waals surface area contributed by atoms with Crippen LogP contribution in [-0.2, 0) is 6.54 Å². The van der Waals surface area contributed by atoms with E-state index in [1.54, 1.807) is 13.2 Å². The van der Waals surface area contributed by atoms with Crippen LogP contribution in [0.1, 0.15) is 22.8 Å². The highest BCUT2D eigenvalue weighted by molar-refractivity contribution is 7.99. The van der Waals surface area contributed by atoms with Crippen molar-refractivity contribution in [1.82, 2.24) is 0 Å². The van der Waals surface area contributed by atoms with Crippen molar-refractivity contribution in [3.63, 3.8) is 0 Å². The van der Waals surface area contributed by atoms with Crippen molar-refractivity contribution in [3.8, 4) is 17.2 Å². The summed E-state index contributed by atoms with van der Waals surface area (Å²) in [5.41, 5.74) is 2.18. The monoisotopic (exact) mass is 443 g/mol. The third-order valence-electron chi connectivity index (χ3n) is 5.41. The van der Waals surface area contributed by atoms with E-state index < -0.39 is 11.6 Å². The van der Waals surface area contributed by atoms with E-state index in [0.717, 1.165) is 22.2 Å². The van der Waals surface area contributed by atoms with Crippen LogP contribution >= 0.6 is 11.8 Å². The fourth-order valence-corrected chi connectivity index (χ4v) is 5.14. The maximum absolute atomic E-state index is 14.5. The first-order valence-corrected chi connectivity index (χ1v) is 10.8. The molecule has 4 nitrogen and oxygen atoms in total. The number of benzene rings is 3. The van der Waals surface area contributed by atoms with Crippen molar-refractivity contribution in [2.24, 2.45) is 0 Å². The summed E-state index contributed by atoms with van der Waals surface area (Å²) in [5.74, 6) is 0.106. The van der Waals surface area contributed by atoms with Crippen LogP contribution in [0, 0.1) is 11.6 Å². The van der Waals surface area contributed by atoms with Gasteiger partial charge in [0, 0.05) is 40.4 Å². The van der Waals surface area contributed by atoms with Crippen LogP contribution in [0.5, 0.6) is 17.2 Å². The number of rotatable bonds is 5. The third-order valence-corrected chi connectivity index (χ3v) is 6.77. The van der Waals surface area contributed by atoms with Gasteiger partial charge in [0.05, 0.1) is 19.9 Å². The Hall–Kier alpha value is -2.93. The standard InChI is InChI=1S/C24H23F2NO3S/c1-29-17-7-9-20-23(13-17)31-22(18-8-6-16(25)12-19(18)26)10-11-27(20)14-15-4-3-5-21(30-2)24(15)28/h3-9,12-13,22,28H,10-11,14H2,1-2H3. The molecule has 0 bridgehead atoms. The van der Waals surface area contributed by atoms with E-state index in [9.17, 15) is 13.9 Å². The molecule has 3 aromatic rings. The van der Waals surface area contributed by atoms with Crippen LogP contribution in [0.25, 0.3) is 0 Å². The van der Waals surface area contributed by atoms with Crippen molar-refractivity contribution < 1.29 is 23.4 Å². The van der Waals surface area contributed by atoms with Crippen molar-refractivity contribution in [3.05, 3.63) is 77.4 Å². The summed E-state index contributed by atoms with van der Waals surface area (Å²) >= 11 is 1.54. The van der Waals surface area contributed by atoms with Crippen molar-refractivity contribution in [2.75, 3.05) is 25.7 Å². The molecule has 1 atom stereocenters. The largest absolute Gasteiger partial charge is 0.504 e. The number of anilines is 1. The zero-order chi connectivity index (χ0) is 22.0. The normalized spacial score (nSPS) is 15.9. The van der Waals surface area contributed by atoms with Gasteiger partial charge in [-0.05, 0) is 36.8 Å². The van der Waals surface area contributed by atoms with Crippen molar-refractivity contribution in [1.29, 1.82) is 0 Å². The molecule has 1 aliphatic rings. The van der Waals surface area contributed by atoms with E-state index in [0.29, 0.717) is 36.6 Å². The number of phenolic OH excluding ortho intramolecular Hbond substituents is 1. The Morgan fingerprint density at radius 1 is 1.06 bits per heavy atom. The molecule has 0 amide bonds. The Labute approximate surface area is 184 Å². The number of hydrogen-bond acceptors (Lipinski definition) is 5. The number of fused-ring (bicyclic) bond motifs is 1. The highest BCUT2D eigenvalue weighted by atomic mass is 32.2. The Balaban J connectivity index is 1.71. The molecular weight excluding hydrogens is 420 g/mol. The maximum atomic E-state index is 14.5. The predicted octanol–water partition coefficient (Wildman–Crippen LogP) is 5.93. The van der Waals surface area contributed by atoms with Gasteiger partial charge in [0.15, 0.2) is 11.5 Å². The van der Waals surface area contributed by atoms with Gasteiger partial charge in [-0.1, -0.05) is 18.2 Å². The van der Waals surface area contributed by atoms with Gasteiger partial charge in [0.2, 0.25) is 0 Å². The van der Waals surface area contributed by atoms with E-state index in [1.807, 2.05) is 30.3 Å². The van der Waals surface area contributed by atoms with Crippen LogP contribution in [0.2, 0.25) is 0 Å². The quantitative estimate of drug-likeness (QED) is 0.529. The number of methoxy groups -OCH3 is 2. The summed E-state index contributed by atoms with van der Waals surface area (Å²) in [6.45, 7) is 1.09. The zero-order valence-electron chi connectivity index (χ0n) is 17.3. The minimum atomic E-state index is -0.586. The van der Waals surface area contributed by atoms with Gasteiger partial charge in [-0.25, -0.2) is 8.78 Å². The van der Waals surface area contributed by atoms with E-state index in [1.165, 1.54) is 31.0 Å². The molecule has 0 aromatic heterocycles. The number of para-hydroxylation sites is 1. The maximum Gasteiger partial charge on any atom is 0.162 e. The van der Waals surface area contributed by atoms with Gasteiger partial charge in [-0.3, -0.25) is 0 Å². The highest BCUT2D eigenvalue weighted by Gasteiger charge is 2.26. The topological polar surface area (TPSA) is 41.9 Å². The molecule has 0 spiro atoms. The number of ether oxygens (including phenoxy) is 2. The molecule has 3 aromatic carbocycles. The predicted molar refractivity (Wildman–Crippen MR) is 118 cm³/mol. The molecule has 0 saturated heterocycles. The first-order chi connectivity index (χ1) is 15.0. The van der Waals surface area contributed by atoms with Gasteiger partial charge in [-0.15, -0.1) is 11.8 Å². The molecule has 31 heavy (non-hydrogen) atoms. The Morgan fingerprint density at radius 2 is 1.90 bits per heavy atom. The number of nitrogens with zero attached hydrogens (tertiary/aromatic N) is 1. The molecule has 0 aliphatic carbocycles. The molecular formula is C24H23F2NO3S. The summed E-state index contributed by atoms with van der Waals surface area (Å²) in [6, 6.07) is 14.9. The lowest BCUT2D eigenvalue weighted by atomic mass is 10.1. The Morgan fingerprint density at radius 3 is 2.65 bits per heavy atom. The van der Waals surface area contributed by atoms with Crippen LogP contribution in [0.3, 0.4) is 0 Å². The average Bonchev–Trinajstić information content (AvgIpc) is 2.94. The number of hydrogen-bond donors (Lipinski definition) is 1. The Bertz CT molecular complexity index is 1090. The molecule has 7 heteroatoms. The van der Waals surface area contributed by atoms with Crippen molar-refractivity contribution >= 4 is 17.4 Å². The molecule has 1 N–H and O–H groups in total. The lowest BCUT2D eigenvalue weighted by Crippen LogP contribution is -2.24. The van der Waals surface area contributed by atoms with Crippen LogP contribution < -0.4 is 14.4 Å². The second-order valence-corrected chi connectivity index (χ2v) is 8.53. The van der Waals surface area contributed by atoms with Gasteiger partial charge in [0.25, 0.3) is 0 Å². The van der Waals surface area contributed by atoms with Crippen LogP contribution in [0.15, 0.2) is 59.5 Å². The number of aromatic hydroxyl groups is 1. The molecule has 162 valence electrons. The minimum absolute atomic E-state index is 0.109. The average molecular weight is 444 g/mol. The number of thioether (sulfide) groups is 1. The number of halogens is 2. The molecule has 0 fully saturated rings. The lowest BCUT2D eigenvalue weighted by molar-refractivity contribution is 0.370. The third kappa shape index (κ3) is 4.42. The van der Waals surface area contributed by atoms with E-state index in [2.05, 4.69) is 4.90 Å². The van der Waals surface area contributed by atoms with Crippen LogP contribution in [-0.4, -0.2) is 25.9 Å². The Kier molecular flexibility index (Phi) is 6.23. The molecule has 0 radical (unpaired) electrons. The summed E-state index contributed by atoms with van der Waals surface area (Å²) in [7, 11) is 3.12. The minimum Gasteiger partial charge on any atom is -0.504 e.